The van der Waals surface area contributed by atoms with Gasteiger partial charge in [0.25, 0.3) is 5.91 Å². The van der Waals surface area contributed by atoms with E-state index in [4.69, 9.17) is 9.47 Å². The van der Waals surface area contributed by atoms with Gasteiger partial charge in [-0.3, -0.25) is 9.59 Å². The standard InChI is InChI=1S/C20H24N2O4/c1-5-21-20(24)15-7-6-13(2)17(10-15)22-19(23)11-14-8-9-16(25-3)12-18(14)26-4/h6-10,12H,5,11H2,1-4H3,(H,21,24)(H,22,23). The zero-order chi connectivity index (χ0) is 19.1. The predicted octanol–water partition coefficient (Wildman–Crippen LogP) is 2.94. The Morgan fingerprint density at radius 3 is 2.46 bits per heavy atom. The molecule has 2 N–H and O–H groups in total. The van der Waals surface area contributed by atoms with Gasteiger partial charge in [0, 0.05) is 29.4 Å². The molecule has 2 aromatic rings. The van der Waals surface area contributed by atoms with E-state index in [0.29, 0.717) is 29.3 Å². The lowest BCUT2D eigenvalue weighted by Gasteiger charge is -2.13. The molecule has 0 saturated carbocycles. The van der Waals surface area contributed by atoms with Crippen LogP contribution in [0, 0.1) is 6.92 Å². The van der Waals surface area contributed by atoms with E-state index in [9.17, 15) is 9.59 Å². The van der Waals surface area contributed by atoms with E-state index in [0.717, 1.165) is 11.1 Å². The highest BCUT2D eigenvalue weighted by Crippen LogP contribution is 2.25. The van der Waals surface area contributed by atoms with Crippen molar-refractivity contribution in [2.45, 2.75) is 20.3 Å². The highest BCUT2D eigenvalue weighted by molar-refractivity contribution is 5.98. The van der Waals surface area contributed by atoms with Crippen molar-refractivity contribution in [2.75, 3.05) is 26.1 Å². The quantitative estimate of drug-likeness (QED) is 0.800. The first kappa shape index (κ1) is 19.3. The number of aryl methyl sites for hydroxylation is 1. The van der Waals surface area contributed by atoms with Crippen molar-refractivity contribution in [3.63, 3.8) is 0 Å². The van der Waals surface area contributed by atoms with E-state index in [1.54, 1.807) is 44.6 Å². The molecule has 0 aliphatic rings. The van der Waals surface area contributed by atoms with Gasteiger partial charge in [0.1, 0.15) is 11.5 Å². The summed E-state index contributed by atoms with van der Waals surface area (Å²) in [5.74, 6) is 0.897. The van der Waals surface area contributed by atoms with Gasteiger partial charge in [-0.05, 0) is 37.6 Å². The Morgan fingerprint density at radius 1 is 1.04 bits per heavy atom. The summed E-state index contributed by atoms with van der Waals surface area (Å²) in [7, 11) is 3.13. The van der Waals surface area contributed by atoms with Crippen molar-refractivity contribution in [1.29, 1.82) is 0 Å². The lowest BCUT2D eigenvalue weighted by Crippen LogP contribution is -2.23. The Balaban J connectivity index is 2.15. The van der Waals surface area contributed by atoms with Crippen LogP contribution in [-0.4, -0.2) is 32.6 Å². The van der Waals surface area contributed by atoms with Gasteiger partial charge in [-0.15, -0.1) is 0 Å². The molecule has 2 amide bonds. The normalized spacial score (nSPS) is 10.2. The number of carbonyl (C=O) groups is 2. The Labute approximate surface area is 153 Å². The van der Waals surface area contributed by atoms with Crippen LogP contribution >= 0.6 is 0 Å². The highest BCUT2D eigenvalue weighted by atomic mass is 16.5. The molecule has 26 heavy (non-hydrogen) atoms. The average molecular weight is 356 g/mol. The van der Waals surface area contributed by atoms with Crippen LogP contribution in [0.4, 0.5) is 5.69 Å². The van der Waals surface area contributed by atoms with E-state index >= 15 is 0 Å². The number of ether oxygens (including phenoxy) is 2. The number of nitrogens with one attached hydrogen (secondary N) is 2. The van der Waals surface area contributed by atoms with Crippen LogP contribution in [0.15, 0.2) is 36.4 Å². The first-order valence-electron chi connectivity index (χ1n) is 8.38. The molecule has 0 fully saturated rings. The number of amides is 2. The maximum atomic E-state index is 12.5. The van der Waals surface area contributed by atoms with Crippen molar-refractivity contribution in [2.24, 2.45) is 0 Å². The van der Waals surface area contributed by atoms with Gasteiger partial charge in [-0.1, -0.05) is 12.1 Å². The number of benzene rings is 2. The molecule has 2 rings (SSSR count). The summed E-state index contributed by atoms with van der Waals surface area (Å²) in [6.45, 7) is 4.29. The van der Waals surface area contributed by atoms with Crippen LogP contribution < -0.4 is 20.1 Å². The monoisotopic (exact) mass is 356 g/mol. The number of hydrogen-bond acceptors (Lipinski definition) is 4. The van der Waals surface area contributed by atoms with Crippen molar-refractivity contribution < 1.29 is 19.1 Å². The SMILES string of the molecule is CCNC(=O)c1ccc(C)c(NC(=O)Cc2ccc(OC)cc2OC)c1. The average Bonchev–Trinajstić information content (AvgIpc) is 2.64. The van der Waals surface area contributed by atoms with E-state index in [-0.39, 0.29) is 18.2 Å². The highest BCUT2D eigenvalue weighted by Gasteiger charge is 2.13. The molecule has 0 aliphatic heterocycles. The molecule has 0 aliphatic carbocycles. The van der Waals surface area contributed by atoms with Crippen LogP contribution in [0.5, 0.6) is 11.5 Å². The number of carbonyl (C=O) groups excluding carboxylic acids is 2. The van der Waals surface area contributed by atoms with Crippen molar-refractivity contribution >= 4 is 17.5 Å². The Bertz CT molecular complexity index is 802. The Kier molecular flexibility index (Phi) is 6.60. The molecule has 6 heteroatoms. The van der Waals surface area contributed by atoms with Gasteiger partial charge in [-0.25, -0.2) is 0 Å². The number of rotatable bonds is 7. The van der Waals surface area contributed by atoms with Gasteiger partial charge in [0.15, 0.2) is 0 Å². The fraction of sp³-hybridized carbons (Fsp3) is 0.300. The fourth-order valence-corrected chi connectivity index (χ4v) is 2.53. The first-order valence-corrected chi connectivity index (χ1v) is 8.38. The summed E-state index contributed by atoms with van der Waals surface area (Å²) in [5, 5.41) is 5.62. The Hall–Kier alpha value is -3.02. The minimum absolute atomic E-state index is 0.151. The second-order valence-electron chi connectivity index (χ2n) is 5.79. The summed E-state index contributed by atoms with van der Waals surface area (Å²) < 4.78 is 10.5. The molecule has 0 unspecified atom stereocenters. The second kappa shape index (κ2) is 8.89. The lowest BCUT2D eigenvalue weighted by atomic mass is 10.1. The van der Waals surface area contributed by atoms with E-state index in [1.165, 1.54) is 0 Å². The summed E-state index contributed by atoms with van der Waals surface area (Å²) in [4.78, 5) is 24.4. The number of hydrogen-bond donors (Lipinski definition) is 2. The van der Waals surface area contributed by atoms with Crippen LogP contribution in [0.2, 0.25) is 0 Å². The first-order chi connectivity index (χ1) is 12.5. The predicted molar refractivity (Wildman–Crippen MR) is 101 cm³/mol. The molecule has 0 radical (unpaired) electrons. The van der Waals surface area contributed by atoms with Crippen molar-refractivity contribution in [1.82, 2.24) is 5.32 Å². The molecule has 0 saturated heterocycles. The molecule has 138 valence electrons. The molecule has 0 spiro atoms. The van der Waals surface area contributed by atoms with E-state index in [2.05, 4.69) is 10.6 Å². The molecule has 6 nitrogen and oxygen atoms in total. The van der Waals surface area contributed by atoms with Crippen LogP contribution in [0.25, 0.3) is 0 Å². The van der Waals surface area contributed by atoms with Crippen molar-refractivity contribution in [3.8, 4) is 11.5 Å². The largest absolute Gasteiger partial charge is 0.497 e. The maximum absolute atomic E-state index is 12.5. The minimum atomic E-state index is -0.190. The second-order valence-corrected chi connectivity index (χ2v) is 5.79. The smallest absolute Gasteiger partial charge is 0.251 e. The van der Waals surface area contributed by atoms with Crippen LogP contribution in [0.1, 0.15) is 28.4 Å². The third kappa shape index (κ3) is 4.75. The molecular weight excluding hydrogens is 332 g/mol. The van der Waals surface area contributed by atoms with Crippen LogP contribution in [-0.2, 0) is 11.2 Å². The summed E-state index contributed by atoms with van der Waals surface area (Å²) in [6.07, 6.45) is 0.151. The summed E-state index contributed by atoms with van der Waals surface area (Å²) in [5.41, 5.74) is 2.76. The molecule has 0 aromatic heterocycles. The van der Waals surface area contributed by atoms with E-state index in [1.807, 2.05) is 19.9 Å². The fourth-order valence-electron chi connectivity index (χ4n) is 2.53. The third-order valence-corrected chi connectivity index (χ3v) is 3.96. The van der Waals surface area contributed by atoms with Gasteiger partial charge in [0.2, 0.25) is 5.91 Å². The third-order valence-electron chi connectivity index (χ3n) is 3.96. The molecule has 0 atom stereocenters. The number of anilines is 1. The van der Waals surface area contributed by atoms with E-state index < -0.39 is 0 Å². The minimum Gasteiger partial charge on any atom is -0.497 e. The molecule has 0 heterocycles. The topological polar surface area (TPSA) is 76.7 Å². The zero-order valence-electron chi connectivity index (χ0n) is 15.5. The molecule has 0 bridgehead atoms. The van der Waals surface area contributed by atoms with Crippen LogP contribution in [0.3, 0.4) is 0 Å². The Morgan fingerprint density at radius 2 is 1.81 bits per heavy atom. The van der Waals surface area contributed by atoms with Gasteiger partial charge in [0.05, 0.1) is 20.6 Å². The maximum Gasteiger partial charge on any atom is 0.251 e. The van der Waals surface area contributed by atoms with Gasteiger partial charge in [-0.2, -0.15) is 0 Å². The zero-order valence-corrected chi connectivity index (χ0v) is 15.5. The molecular formula is C20H24N2O4. The lowest BCUT2D eigenvalue weighted by molar-refractivity contribution is -0.115. The van der Waals surface area contributed by atoms with Gasteiger partial charge < -0.3 is 20.1 Å². The molecule has 2 aromatic carbocycles. The summed E-state index contributed by atoms with van der Waals surface area (Å²) in [6, 6.07) is 10.6. The summed E-state index contributed by atoms with van der Waals surface area (Å²) >= 11 is 0. The number of methoxy groups -OCH3 is 2. The van der Waals surface area contributed by atoms with Gasteiger partial charge >= 0.3 is 0 Å². The van der Waals surface area contributed by atoms with Crippen molar-refractivity contribution in [3.05, 3.63) is 53.1 Å².